The second-order valence-corrected chi connectivity index (χ2v) is 7.91. The van der Waals surface area contributed by atoms with Gasteiger partial charge in [-0.25, -0.2) is 0 Å². The highest BCUT2D eigenvalue weighted by atomic mass is 79.9. The van der Waals surface area contributed by atoms with Crippen molar-refractivity contribution in [1.82, 2.24) is 10.2 Å². The molecular weight excluding hydrogens is 432 g/mol. The molecule has 0 radical (unpaired) electrons. The number of carbonyl (C=O) groups excluding carboxylic acids is 2. The lowest BCUT2D eigenvalue weighted by Gasteiger charge is -2.31. The van der Waals surface area contributed by atoms with Crippen molar-refractivity contribution >= 4 is 27.7 Å². The molecule has 2 rings (SSSR count). The number of halogens is 1. The summed E-state index contributed by atoms with van der Waals surface area (Å²) in [6.45, 7) is 6.13. The molecule has 2 aromatic rings. The Hall–Kier alpha value is -2.34. The van der Waals surface area contributed by atoms with Gasteiger partial charge in [0.25, 0.3) is 5.91 Å². The van der Waals surface area contributed by atoms with Crippen molar-refractivity contribution in [2.45, 2.75) is 52.2 Å². The minimum atomic E-state index is -0.551. The van der Waals surface area contributed by atoms with Crippen LogP contribution in [0.15, 0.2) is 59.1 Å². The standard InChI is InChI=1S/C23H29BrN2O3/c1-4-17(3)25-23(28)21(5-2)26(15-18-9-7-6-8-10-18)22(27)16-29-20-13-11-19(24)12-14-20/h6-14,17,21H,4-5,15-16H2,1-3H3,(H,25,28)/t17-,21+/m1/s1. The summed E-state index contributed by atoms with van der Waals surface area (Å²) in [4.78, 5) is 27.5. The molecule has 0 saturated carbocycles. The van der Waals surface area contributed by atoms with Crippen LogP contribution >= 0.6 is 15.9 Å². The van der Waals surface area contributed by atoms with Crippen molar-refractivity contribution in [3.8, 4) is 5.75 Å². The quantitative estimate of drug-likeness (QED) is 0.565. The summed E-state index contributed by atoms with van der Waals surface area (Å²) in [5.74, 6) is 0.260. The summed E-state index contributed by atoms with van der Waals surface area (Å²) >= 11 is 3.38. The molecular formula is C23H29BrN2O3. The second kappa shape index (κ2) is 11.6. The van der Waals surface area contributed by atoms with Gasteiger partial charge in [0.1, 0.15) is 11.8 Å². The van der Waals surface area contributed by atoms with Crippen LogP contribution in [0.3, 0.4) is 0 Å². The van der Waals surface area contributed by atoms with Gasteiger partial charge in [-0.2, -0.15) is 0 Å². The number of amides is 2. The Labute approximate surface area is 181 Å². The molecule has 0 heterocycles. The molecule has 156 valence electrons. The molecule has 0 aliphatic rings. The molecule has 2 amide bonds. The van der Waals surface area contributed by atoms with E-state index >= 15 is 0 Å². The smallest absolute Gasteiger partial charge is 0.261 e. The number of carbonyl (C=O) groups is 2. The average Bonchev–Trinajstić information content (AvgIpc) is 2.73. The van der Waals surface area contributed by atoms with Gasteiger partial charge in [-0.05, 0) is 49.6 Å². The number of benzene rings is 2. The number of nitrogens with zero attached hydrogens (tertiary/aromatic N) is 1. The number of nitrogens with one attached hydrogen (secondary N) is 1. The van der Waals surface area contributed by atoms with Gasteiger partial charge < -0.3 is 15.0 Å². The molecule has 0 unspecified atom stereocenters. The van der Waals surface area contributed by atoms with Crippen LogP contribution in [-0.2, 0) is 16.1 Å². The molecule has 0 spiro atoms. The van der Waals surface area contributed by atoms with Crippen LogP contribution in [-0.4, -0.2) is 35.4 Å². The maximum Gasteiger partial charge on any atom is 0.261 e. The Morgan fingerprint density at radius 1 is 1.03 bits per heavy atom. The van der Waals surface area contributed by atoms with Crippen molar-refractivity contribution in [2.75, 3.05) is 6.61 Å². The van der Waals surface area contributed by atoms with Gasteiger partial charge in [-0.3, -0.25) is 9.59 Å². The molecule has 6 heteroatoms. The molecule has 2 aromatic carbocycles. The number of rotatable bonds is 10. The lowest BCUT2D eigenvalue weighted by molar-refractivity contribution is -0.143. The zero-order chi connectivity index (χ0) is 21.2. The highest BCUT2D eigenvalue weighted by Crippen LogP contribution is 2.17. The van der Waals surface area contributed by atoms with Gasteiger partial charge in [-0.15, -0.1) is 0 Å². The van der Waals surface area contributed by atoms with Gasteiger partial charge >= 0.3 is 0 Å². The van der Waals surface area contributed by atoms with Crippen molar-refractivity contribution in [2.24, 2.45) is 0 Å². The Kier molecular flexibility index (Phi) is 9.19. The van der Waals surface area contributed by atoms with E-state index in [1.165, 1.54) is 0 Å². The third-order valence-corrected chi connectivity index (χ3v) is 5.29. The monoisotopic (exact) mass is 460 g/mol. The molecule has 0 fully saturated rings. The predicted molar refractivity (Wildman–Crippen MR) is 119 cm³/mol. The third-order valence-electron chi connectivity index (χ3n) is 4.76. The summed E-state index contributed by atoms with van der Waals surface area (Å²) in [5.41, 5.74) is 0.972. The van der Waals surface area contributed by atoms with E-state index in [4.69, 9.17) is 4.74 Å². The first-order valence-corrected chi connectivity index (χ1v) is 10.8. The molecule has 29 heavy (non-hydrogen) atoms. The van der Waals surface area contributed by atoms with Gasteiger partial charge in [0, 0.05) is 17.1 Å². The minimum Gasteiger partial charge on any atom is -0.484 e. The lowest BCUT2D eigenvalue weighted by Crippen LogP contribution is -2.51. The van der Waals surface area contributed by atoms with Crippen LogP contribution in [0.5, 0.6) is 5.75 Å². The zero-order valence-corrected chi connectivity index (χ0v) is 18.8. The number of hydrogen-bond acceptors (Lipinski definition) is 3. The number of ether oxygens (including phenoxy) is 1. The third kappa shape index (κ3) is 7.20. The fraction of sp³-hybridized carbons (Fsp3) is 0.391. The van der Waals surface area contributed by atoms with Crippen LogP contribution in [0.1, 0.15) is 39.2 Å². The SMILES string of the molecule is CC[C@@H](C)NC(=O)[C@H](CC)N(Cc1ccccc1)C(=O)COc1ccc(Br)cc1. The second-order valence-electron chi connectivity index (χ2n) is 6.99. The van der Waals surface area contributed by atoms with Crippen molar-refractivity contribution in [3.05, 3.63) is 64.6 Å². The molecule has 1 N–H and O–H groups in total. The largest absolute Gasteiger partial charge is 0.484 e. The van der Waals surface area contributed by atoms with E-state index in [2.05, 4.69) is 21.2 Å². The normalized spacial score (nSPS) is 12.7. The molecule has 2 atom stereocenters. The van der Waals surface area contributed by atoms with Crippen molar-refractivity contribution < 1.29 is 14.3 Å². The van der Waals surface area contributed by atoms with Crippen LogP contribution < -0.4 is 10.1 Å². The van der Waals surface area contributed by atoms with Crippen LogP contribution in [0, 0.1) is 0 Å². The molecule has 5 nitrogen and oxygen atoms in total. The van der Waals surface area contributed by atoms with Crippen molar-refractivity contribution in [1.29, 1.82) is 0 Å². The maximum atomic E-state index is 13.1. The first kappa shape index (κ1) is 22.9. The summed E-state index contributed by atoms with van der Waals surface area (Å²) in [6, 6.07) is 16.5. The fourth-order valence-corrected chi connectivity index (χ4v) is 3.16. The molecule has 0 bridgehead atoms. The fourth-order valence-electron chi connectivity index (χ4n) is 2.90. The molecule has 0 aromatic heterocycles. The lowest BCUT2D eigenvalue weighted by atomic mass is 10.1. The predicted octanol–water partition coefficient (Wildman–Crippen LogP) is 4.55. The minimum absolute atomic E-state index is 0.0595. The van der Waals surface area contributed by atoms with Gasteiger partial charge in [0.2, 0.25) is 5.91 Å². The van der Waals surface area contributed by atoms with E-state index in [-0.39, 0.29) is 24.5 Å². The van der Waals surface area contributed by atoms with E-state index in [0.29, 0.717) is 18.7 Å². The van der Waals surface area contributed by atoms with E-state index < -0.39 is 6.04 Å². The van der Waals surface area contributed by atoms with E-state index in [1.54, 1.807) is 17.0 Å². The Morgan fingerprint density at radius 2 is 1.69 bits per heavy atom. The van der Waals surface area contributed by atoms with E-state index in [9.17, 15) is 9.59 Å². The topological polar surface area (TPSA) is 58.6 Å². The molecule has 0 saturated heterocycles. The summed E-state index contributed by atoms with van der Waals surface area (Å²) in [6.07, 6.45) is 1.36. The Morgan fingerprint density at radius 3 is 2.28 bits per heavy atom. The molecule has 0 aliphatic heterocycles. The summed E-state index contributed by atoms with van der Waals surface area (Å²) < 4.78 is 6.61. The highest BCUT2D eigenvalue weighted by Gasteiger charge is 2.29. The van der Waals surface area contributed by atoms with Gasteiger partial charge in [0.05, 0.1) is 0 Å². The maximum absolute atomic E-state index is 13.1. The summed E-state index contributed by atoms with van der Waals surface area (Å²) in [5, 5.41) is 3.00. The van der Waals surface area contributed by atoms with Crippen LogP contribution in [0.2, 0.25) is 0 Å². The highest BCUT2D eigenvalue weighted by molar-refractivity contribution is 9.10. The zero-order valence-electron chi connectivity index (χ0n) is 17.2. The first-order chi connectivity index (χ1) is 13.9. The van der Waals surface area contributed by atoms with E-state index in [1.807, 2.05) is 63.2 Å². The Balaban J connectivity index is 2.16. The molecule has 0 aliphatic carbocycles. The van der Waals surface area contributed by atoms with E-state index in [0.717, 1.165) is 16.5 Å². The average molecular weight is 461 g/mol. The first-order valence-electron chi connectivity index (χ1n) is 9.96. The van der Waals surface area contributed by atoms with Crippen molar-refractivity contribution in [3.63, 3.8) is 0 Å². The summed E-state index contributed by atoms with van der Waals surface area (Å²) in [7, 11) is 0. The van der Waals surface area contributed by atoms with Crippen LogP contribution in [0.4, 0.5) is 0 Å². The van der Waals surface area contributed by atoms with Crippen LogP contribution in [0.25, 0.3) is 0 Å². The van der Waals surface area contributed by atoms with Gasteiger partial charge in [0.15, 0.2) is 6.61 Å². The number of hydrogen-bond donors (Lipinski definition) is 1. The Bertz CT molecular complexity index is 780. The van der Waals surface area contributed by atoms with Gasteiger partial charge in [-0.1, -0.05) is 60.1 Å².